The monoisotopic (exact) mass is 327 g/mol. The molecule has 2 aliphatic rings. The average Bonchev–Trinajstić information content (AvgIpc) is 3.01. The van der Waals surface area contributed by atoms with Crippen molar-refractivity contribution in [1.29, 1.82) is 0 Å². The minimum atomic E-state index is -0.351. The summed E-state index contributed by atoms with van der Waals surface area (Å²) in [6.45, 7) is 2.35. The van der Waals surface area contributed by atoms with Crippen LogP contribution in [-0.2, 0) is 12.8 Å². The Bertz CT molecular complexity index is 579. The van der Waals surface area contributed by atoms with Crippen LogP contribution in [0.3, 0.4) is 0 Å². The number of aryl methyl sites for hydroxylation is 1. The first kappa shape index (κ1) is 17.7. The van der Waals surface area contributed by atoms with Crippen LogP contribution in [0, 0.1) is 5.92 Å². The molecule has 3 atom stereocenters. The summed E-state index contributed by atoms with van der Waals surface area (Å²) in [5, 5.41) is 9.49. The molecule has 0 spiro atoms. The second kappa shape index (κ2) is 7.84. The van der Waals surface area contributed by atoms with Gasteiger partial charge >= 0.3 is 0 Å². The maximum atomic E-state index is 9.49. The first-order chi connectivity index (χ1) is 11.6. The Balaban J connectivity index is 1.62. The lowest BCUT2D eigenvalue weighted by molar-refractivity contribution is 0.198. The quantitative estimate of drug-likeness (QED) is 0.756. The number of hydrogen-bond acceptors (Lipinski definition) is 2. The van der Waals surface area contributed by atoms with Crippen LogP contribution in [0.15, 0.2) is 30.4 Å². The number of nitrogens with two attached hydrogens (primary N) is 1. The number of rotatable bonds is 6. The van der Waals surface area contributed by atoms with E-state index in [9.17, 15) is 5.11 Å². The van der Waals surface area contributed by atoms with Crippen molar-refractivity contribution in [2.75, 3.05) is 6.61 Å². The number of fused-ring (bicyclic) bond motifs is 1. The molecule has 0 unspecified atom stereocenters. The van der Waals surface area contributed by atoms with E-state index in [1.54, 1.807) is 11.1 Å². The molecule has 24 heavy (non-hydrogen) atoms. The van der Waals surface area contributed by atoms with Crippen LogP contribution < -0.4 is 5.73 Å². The van der Waals surface area contributed by atoms with Gasteiger partial charge < -0.3 is 10.8 Å². The van der Waals surface area contributed by atoms with E-state index in [0.717, 1.165) is 25.2 Å². The molecule has 1 aromatic rings. The average molecular weight is 328 g/mol. The molecular formula is C22H33NO. The second-order valence-electron chi connectivity index (χ2n) is 8.09. The van der Waals surface area contributed by atoms with E-state index >= 15 is 0 Å². The summed E-state index contributed by atoms with van der Waals surface area (Å²) in [5.74, 6) is 1.34. The smallest absolute Gasteiger partial charge is 0.0611 e. The second-order valence-corrected chi connectivity index (χ2v) is 8.09. The summed E-state index contributed by atoms with van der Waals surface area (Å²) in [5.41, 5.74) is 10.5. The number of unbranched alkanes of at least 4 members (excludes halogenated alkanes) is 1. The Morgan fingerprint density at radius 2 is 2.12 bits per heavy atom. The van der Waals surface area contributed by atoms with Gasteiger partial charge in [0.25, 0.3) is 0 Å². The minimum Gasteiger partial charge on any atom is -0.394 e. The van der Waals surface area contributed by atoms with Crippen LogP contribution in [0.25, 0.3) is 0 Å². The van der Waals surface area contributed by atoms with Crippen molar-refractivity contribution >= 4 is 0 Å². The van der Waals surface area contributed by atoms with Gasteiger partial charge in [-0.3, -0.25) is 0 Å². The molecule has 1 fully saturated rings. The molecular weight excluding hydrogens is 294 g/mol. The topological polar surface area (TPSA) is 46.2 Å². The molecule has 3 N–H and O–H groups in total. The number of hydrogen-bond donors (Lipinski definition) is 2. The zero-order chi connectivity index (χ0) is 17.0. The van der Waals surface area contributed by atoms with Gasteiger partial charge in [-0.1, -0.05) is 43.7 Å². The van der Waals surface area contributed by atoms with Gasteiger partial charge in [0.2, 0.25) is 0 Å². The molecule has 1 saturated carbocycles. The molecule has 0 bridgehead atoms. The third-order valence-electron chi connectivity index (χ3n) is 6.08. The maximum Gasteiger partial charge on any atom is 0.0611 e. The number of allylic oxidation sites excluding steroid dienone is 2. The van der Waals surface area contributed by atoms with E-state index in [0.29, 0.717) is 5.92 Å². The Hall–Kier alpha value is -1.12. The van der Waals surface area contributed by atoms with Gasteiger partial charge in [0.15, 0.2) is 0 Å². The molecule has 3 rings (SSSR count). The SMILES string of the molecule is CCC/C=C/C[C@@H]1CCc2cc([C@@H]3CC[C@](N)(CO)C3)ccc2C1. The summed E-state index contributed by atoms with van der Waals surface area (Å²) < 4.78 is 0. The summed E-state index contributed by atoms with van der Waals surface area (Å²) in [4.78, 5) is 0. The third-order valence-corrected chi connectivity index (χ3v) is 6.08. The van der Waals surface area contributed by atoms with Crippen LogP contribution in [0.1, 0.15) is 74.5 Å². The number of benzene rings is 1. The van der Waals surface area contributed by atoms with Gasteiger partial charge in [-0.25, -0.2) is 0 Å². The van der Waals surface area contributed by atoms with Crippen molar-refractivity contribution in [3.05, 3.63) is 47.0 Å². The lowest BCUT2D eigenvalue weighted by atomic mass is 9.80. The molecule has 1 aromatic carbocycles. The van der Waals surface area contributed by atoms with Gasteiger partial charge in [-0.15, -0.1) is 0 Å². The summed E-state index contributed by atoms with van der Waals surface area (Å²) >= 11 is 0. The molecule has 0 heterocycles. The molecule has 0 aliphatic heterocycles. The zero-order valence-electron chi connectivity index (χ0n) is 15.1. The lowest BCUT2D eigenvalue weighted by Crippen LogP contribution is -2.40. The van der Waals surface area contributed by atoms with Gasteiger partial charge in [-0.2, -0.15) is 0 Å². The highest BCUT2D eigenvalue weighted by atomic mass is 16.3. The molecule has 2 nitrogen and oxygen atoms in total. The normalized spacial score (nSPS) is 30.0. The fourth-order valence-electron chi connectivity index (χ4n) is 4.46. The molecule has 0 radical (unpaired) electrons. The van der Waals surface area contributed by atoms with Crippen LogP contribution in [0.4, 0.5) is 0 Å². The van der Waals surface area contributed by atoms with Gasteiger partial charge in [0, 0.05) is 5.54 Å². The predicted octanol–water partition coefficient (Wildman–Crippen LogP) is 4.50. The first-order valence-electron chi connectivity index (χ1n) is 9.80. The van der Waals surface area contributed by atoms with Crippen molar-refractivity contribution in [3.63, 3.8) is 0 Å². The maximum absolute atomic E-state index is 9.49. The van der Waals surface area contributed by atoms with Crippen molar-refractivity contribution in [1.82, 2.24) is 0 Å². The first-order valence-corrected chi connectivity index (χ1v) is 9.80. The van der Waals surface area contributed by atoms with Crippen molar-refractivity contribution in [2.24, 2.45) is 11.7 Å². The van der Waals surface area contributed by atoms with Crippen LogP contribution >= 0.6 is 0 Å². The predicted molar refractivity (Wildman–Crippen MR) is 101 cm³/mol. The third kappa shape index (κ3) is 4.10. The van der Waals surface area contributed by atoms with E-state index in [1.165, 1.54) is 44.1 Å². The summed E-state index contributed by atoms with van der Waals surface area (Å²) in [6.07, 6.45) is 15.2. The molecule has 0 amide bonds. The molecule has 2 aliphatic carbocycles. The Morgan fingerprint density at radius 1 is 1.25 bits per heavy atom. The fraction of sp³-hybridized carbons (Fsp3) is 0.636. The fourth-order valence-corrected chi connectivity index (χ4v) is 4.46. The Labute approximate surface area is 147 Å². The van der Waals surface area contributed by atoms with Crippen LogP contribution in [-0.4, -0.2) is 17.3 Å². The highest BCUT2D eigenvalue weighted by Crippen LogP contribution is 2.40. The van der Waals surface area contributed by atoms with Crippen molar-refractivity contribution < 1.29 is 5.11 Å². The molecule has 2 heteroatoms. The number of aliphatic hydroxyl groups is 1. The van der Waals surface area contributed by atoms with Gasteiger partial charge in [-0.05, 0) is 79.9 Å². The van der Waals surface area contributed by atoms with Crippen molar-refractivity contribution in [3.8, 4) is 0 Å². The Kier molecular flexibility index (Phi) is 5.78. The van der Waals surface area contributed by atoms with E-state index in [-0.39, 0.29) is 12.1 Å². The van der Waals surface area contributed by atoms with Crippen molar-refractivity contribution in [2.45, 2.75) is 76.2 Å². The van der Waals surface area contributed by atoms with Crippen LogP contribution in [0.5, 0.6) is 0 Å². The molecule has 0 saturated heterocycles. The van der Waals surface area contributed by atoms with Crippen LogP contribution in [0.2, 0.25) is 0 Å². The summed E-state index contributed by atoms with van der Waals surface area (Å²) in [6, 6.07) is 7.12. The minimum absolute atomic E-state index is 0.113. The van der Waals surface area contributed by atoms with E-state index in [1.807, 2.05) is 0 Å². The zero-order valence-corrected chi connectivity index (χ0v) is 15.1. The highest BCUT2D eigenvalue weighted by Gasteiger charge is 2.36. The lowest BCUT2D eigenvalue weighted by Gasteiger charge is -2.25. The van der Waals surface area contributed by atoms with Gasteiger partial charge in [0.1, 0.15) is 0 Å². The Morgan fingerprint density at radius 3 is 2.88 bits per heavy atom. The highest BCUT2D eigenvalue weighted by molar-refractivity contribution is 5.36. The van der Waals surface area contributed by atoms with E-state index < -0.39 is 0 Å². The van der Waals surface area contributed by atoms with Gasteiger partial charge in [0.05, 0.1) is 6.61 Å². The van der Waals surface area contributed by atoms with E-state index in [4.69, 9.17) is 5.73 Å². The molecule has 132 valence electrons. The number of aliphatic hydroxyl groups excluding tert-OH is 1. The van der Waals surface area contributed by atoms with E-state index in [2.05, 4.69) is 37.3 Å². The largest absolute Gasteiger partial charge is 0.394 e. The summed E-state index contributed by atoms with van der Waals surface area (Å²) in [7, 11) is 0. The standard InChI is InChI=1S/C22H33NO/c1-2-3-4-5-6-17-7-8-19-14-20(10-9-18(19)13-17)21-11-12-22(23,15-21)16-24/h4-5,9-10,14,17,21,24H,2-3,6-8,11-13,15-16,23H2,1H3/b5-4+/t17-,21-,22-/m1/s1. The molecule has 0 aromatic heterocycles.